The number of rotatable bonds is 6. The molecule has 0 fully saturated rings. The van der Waals surface area contributed by atoms with Gasteiger partial charge in [0.1, 0.15) is 0 Å². The lowest BCUT2D eigenvalue weighted by Gasteiger charge is -2.09. The lowest BCUT2D eigenvalue weighted by Crippen LogP contribution is -2.25. The zero-order valence-corrected chi connectivity index (χ0v) is 11.8. The normalized spacial score (nSPS) is 12.3. The molecule has 2 rings (SSSR count). The Bertz CT molecular complexity index is 583. The van der Waals surface area contributed by atoms with E-state index in [1.807, 2.05) is 30.3 Å². The van der Waals surface area contributed by atoms with Crippen molar-refractivity contribution >= 4 is 16.8 Å². The maximum Gasteiger partial charge on any atom is 0.251 e. The Morgan fingerprint density at radius 1 is 1.40 bits per heavy atom. The quantitative estimate of drug-likeness (QED) is 0.792. The smallest absolute Gasteiger partial charge is 0.251 e. The van der Waals surface area contributed by atoms with Gasteiger partial charge >= 0.3 is 0 Å². The number of nitrogens with one attached hydrogen (secondary N) is 1. The Morgan fingerprint density at radius 3 is 3.05 bits per heavy atom. The highest BCUT2D eigenvalue weighted by molar-refractivity contribution is 5.97. The van der Waals surface area contributed by atoms with Crippen LogP contribution in [0.4, 0.5) is 0 Å². The lowest BCUT2D eigenvalue weighted by atomic mass is 10.1. The van der Waals surface area contributed by atoms with E-state index in [1.54, 1.807) is 6.20 Å². The van der Waals surface area contributed by atoms with Crippen LogP contribution < -0.4 is 11.1 Å². The fourth-order valence-electron chi connectivity index (χ4n) is 2.09. The zero-order chi connectivity index (χ0) is 14.4. The van der Waals surface area contributed by atoms with E-state index in [-0.39, 0.29) is 5.91 Å². The van der Waals surface area contributed by atoms with Crippen molar-refractivity contribution in [3.63, 3.8) is 0 Å². The van der Waals surface area contributed by atoms with Gasteiger partial charge in [-0.1, -0.05) is 13.0 Å². The Morgan fingerprint density at radius 2 is 2.25 bits per heavy atom. The highest BCUT2D eigenvalue weighted by Gasteiger charge is 2.06. The fraction of sp³-hybridized carbons (Fsp3) is 0.375. The minimum atomic E-state index is -0.0313. The molecule has 0 bridgehead atoms. The minimum absolute atomic E-state index is 0.0313. The molecule has 2 aromatic rings. The molecular formula is C16H21N3O. The second-order valence-electron chi connectivity index (χ2n) is 5.15. The number of carbonyl (C=O) groups excluding carboxylic acids is 1. The molecule has 20 heavy (non-hydrogen) atoms. The first kappa shape index (κ1) is 14.5. The SMILES string of the molecule is CC(CN)CCCNC(=O)c1ccc2ncccc2c1. The average molecular weight is 271 g/mol. The fourth-order valence-corrected chi connectivity index (χ4v) is 2.09. The molecule has 4 nitrogen and oxygen atoms in total. The Hall–Kier alpha value is -1.94. The molecule has 0 aliphatic heterocycles. The van der Waals surface area contributed by atoms with E-state index in [1.165, 1.54) is 0 Å². The molecule has 0 saturated heterocycles. The minimum Gasteiger partial charge on any atom is -0.352 e. The highest BCUT2D eigenvalue weighted by Crippen LogP contribution is 2.13. The van der Waals surface area contributed by atoms with Gasteiger partial charge in [0.25, 0.3) is 5.91 Å². The summed E-state index contributed by atoms with van der Waals surface area (Å²) in [5, 5.41) is 3.93. The van der Waals surface area contributed by atoms with Gasteiger partial charge in [-0.25, -0.2) is 0 Å². The first-order chi connectivity index (χ1) is 9.70. The molecule has 4 heteroatoms. The largest absolute Gasteiger partial charge is 0.352 e. The van der Waals surface area contributed by atoms with Gasteiger partial charge in [-0.3, -0.25) is 9.78 Å². The molecule has 0 spiro atoms. The van der Waals surface area contributed by atoms with Gasteiger partial charge < -0.3 is 11.1 Å². The van der Waals surface area contributed by atoms with Gasteiger partial charge in [0.05, 0.1) is 5.52 Å². The predicted octanol–water partition coefficient (Wildman–Crippen LogP) is 2.34. The van der Waals surface area contributed by atoms with Crippen LogP contribution in [-0.4, -0.2) is 24.0 Å². The molecule has 0 aliphatic rings. The van der Waals surface area contributed by atoms with Crippen LogP contribution in [0.15, 0.2) is 36.5 Å². The molecule has 1 atom stereocenters. The molecule has 0 saturated carbocycles. The number of nitrogens with zero attached hydrogens (tertiary/aromatic N) is 1. The van der Waals surface area contributed by atoms with Crippen molar-refractivity contribution < 1.29 is 4.79 Å². The number of amides is 1. The molecule has 1 heterocycles. The number of nitrogens with two attached hydrogens (primary N) is 1. The maximum absolute atomic E-state index is 12.0. The van der Waals surface area contributed by atoms with Crippen molar-refractivity contribution in [1.29, 1.82) is 0 Å². The molecular weight excluding hydrogens is 250 g/mol. The van der Waals surface area contributed by atoms with Gasteiger partial charge in [0, 0.05) is 23.7 Å². The number of hydrogen-bond donors (Lipinski definition) is 2. The second-order valence-corrected chi connectivity index (χ2v) is 5.15. The van der Waals surface area contributed by atoms with Crippen LogP contribution in [0, 0.1) is 5.92 Å². The standard InChI is InChI=1S/C16H21N3O/c1-12(11-17)4-2-9-19-16(20)14-6-7-15-13(10-14)5-3-8-18-15/h3,5-8,10,12H,2,4,9,11,17H2,1H3,(H,19,20). The Balaban J connectivity index is 1.91. The third-order valence-corrected chi connectivity index (χ3v) is 3.43. The van der Waals surface area contributed by atoms with Gasteiger partial charge in [-0.15, -0.1) is 0 Å². The summed E-state index contributed by atoms with van der Waals surface area (Å²) in [6, 6.07) is 9.40. The number of carbonyl (C=O) groups is 1. The summed E-state index contributed by atoms with van der Waals surface area (Å²) < 4.78 is 0. The summed E-state index contributed by atoms with van der Waals surface area (Å²) in [4.78, 5) is 16.3. The van der Waals surface area contributed by atoms with E-state index < -0.39 is 0 Å². The molecule has 0 aliphatic carbocycles. The summed E-state index contributed by atoms with van der Waals surface area (Å²) in [7, 11) is 0. The van der Waals surface area contributed by atoms with Crippen LogP contribution in [0.5, 0.6) is 0 Å². The number of benzene rings is 1. The molecule has 106 valence electrons. The third kappa shape index (κ3) is 3.78. The van der Waals surface area contributed by atoms with Crippen LogP contribution in [0.3, 0.4) is 0 Å². The van der Waals surface area contributed by atoms with Crippen LogP contribution in [0.1, 0.15) is 30.1 Å². The molecule has 1 aromatic heterocycles. The first-order valence-electron chi connectivity index (χ1n) is 7.03. The van der Waals surface area contributed by atoms with E-state index in [4.69, 9.17) is 5.73 Å². The monoisotopic (exact) mass is 271 g/mol. The van der Waals surface area contributed by atoms with Gasteiger partial charge in [-0.05, 0) is 49.6 Å². The summed E-state index contributed by atoms with van der Waals surface area (Å²) >= 11 is 0. The average Bonchev–Trinajstić information content (AvgIpc) is 2.50. The summed E-state index contributed by atoms with van der Waals surface area (Å²) in [6.45, 7) is 3.51. The predicted molar refractivity (Wildman–Crippen MR) is 81.5 cm³/mol. The van der Waals surface area contributed by atoms with Crippen molar-refractivity contribution in [2.45, 2.75) is 19.8 Å². The van der Waals surface area contributed by atoms with Crippen LogP contribution >= 0.6 is 0 Å². The van der Waals surface area contributed by atoms with Crippen molar-refractivity contribution in [2.75, 3.05) is 13.1 Å². The topological polar surface area (TPSA) is 68.0 Å². The van der Waals surface area contributed by atoms with E-state index >= 15 is 0 Å². The first-order valence-corrected chi connectivity index (χ1v) is 7.03. The van der Waals surface area contributed by atoms with Crippen LogP contribution in [0.25, 0.3) is 10.9 Å². The van der Waals surface area contributed by atoms with Crippen LogP contribution in [0.2, 0.25) is 0 Å². The van der Waals surface area contributed by atoms with E-state index in [9.17, 15) is 4.79 Å². The molecule has 1 unspecified atom stereocenters. The van der Waals surface area contributed by atoms with E-state index in [0.29, 0.717) is 24.6 Å². The van der Waals surface area contributed by atoms with Gasteiger partial charge in [0.15, 0.2) is 0 Å². The van der Waals surface area contributed by atoms with Crippen molar-refractivity contribution in [3.05, 3.63) is 42.1 Å². The molecule has 3 N–H and O–H groups in total. The Kier molecular flexibility index (Phi) is 5.07. The number of aromatic nitrogens is 1. The van der Waals surface area contributed by atoms with Crippen molar-refractivity contribution in [1.82, 2.24) is 10.3 Å². The molecule has 0 radical (unpaired) electrons. The molecule has 1 amide bonds. The number of fused-ring (bicyclic) bond motifs is 1. The van der Waals surface area contributed by atoms with E-state index in [2.05, 4.69) is 17.2 Å². The second kappa shape index (κ2) is 7.01. The van der Waals surface area contributed by atoms with Crippen LogP contribution in [-0.2, 0) is 0 Å². The van der Waals surface area contributed by atoms with E-state index in [0.717, 1.165) is 23.7 Å². The molecule has 1 aromatic carbocycles. The third-order valence-electron chi connectivity index (χ3n) is 3.43. The lowest BCUT2D eigenvalue weighted by molar-refractivity contribution is 0.0952. The van der Waals surface area contributed by atoms with Gasteiger partial charge in [-0.2, -0.15) is 0 Å². The summed E-state index contributed by atoms with van der Waals surface area (Å²) in [5.74, 6) is 0.481. The zero-order valence-electron chi connectivity index (χ0n) is 11.8. The van der Waals surface area contributed by atoms with Crippen molar-refractivity contribution in [3.8, 4) is 0 Å². The number of pyridine rings is 1. The van der Waals surface area contributed by atoms with Gasteiger partial charge in [0.2, 0.25) is 0 Å². The Labute approximate surface area is 119 Å². The van der Waals surface area contributed by atoms with Crippen molar-refractivity contribution in [2.24, 2.45) is 11.7 Å². The number of hydrogen-bond acceptors (Lipinski definition) is 3. The highest BCUT2D eigenvalue weighted by atomic mass is 16.1. The maximum atomic E-state index is 12.0. The summed E-state index contributed by atoms with van der Waals surface area (Å²) in [6.07, 6.45) is 3.75. The summed E-state index contributed by atoms with van der Waals surface area (Å²) in [5.41, 5.74) is 7.15.